The van der Waals surface area contributed by atoms with Gasteiger partial charge in [0.15, 0.2) is 11.6 Å². The van der Waals surface area contributed by atoms with E-state index >= 15 is 0 Å². The minimum Gasteiger partial charge on any atom is -0.453 e. The molecule has 1 aliphatic heterocycles. The molecule has 8 nitrogen and oxygen atoms in total. The smallest absolute Gasteiger partial charge is 0.268 e. The van der Waals surface area contributed by atoms with Gasteiger partial charge in [-0.1, -0.05) is 12.5 Å². The van der Waals surface area contributed by atoms with Gasteiger partial charge < -0.3 is 14.6 Å². The number of ether oxygens (including phenoxy) is 1. The molecule has 1 saturated heterocycles. The number of carbonyl (C=O) groups is 1. The lowest BCUT2D eigenvalue weighted by molar-refractivity contribution is 0.0942. The quantitative estimate of drug-likeness (QED) is 0.569. The number of hydrogen-bond donors (Lipinski definition) is 1. The normalized spacial score (nSPS) is 14.7. The maximum atomic E-state index is 14.4. The van der Waals surface area contributed by atoms with Gasteiger partial charge in [0.25, 0.3) is 5.91 Å². The van der Waals surface area contributed by atoms with Crippen LogP contribution < -0.4 is 10.1 Å². The van der Waals surface area contributed by atoms with Crippen LogP contribution in [0.15, 0.2) is 59.9 Å². The fourth-order valence-corrected chi connectivity index (χ4v) is 5.29. The third-order valence-corrected chi connectivity index (χ3v) is 7.34. The standard InChI is InChI=1S/C23H25FN4O4S/c1-27-16-19(33(30,31)28-10-3-2-4-11-28)13-21(27)23(29)26-14-17-7-8-22(20(24)12-17)32-18-6-5-9-25-15-18/h5-9,12-13,15-16H,2-4,10-11,14H2,1H3,(H,26,29). The molecule has 0 bridgehead atoms. The van der Waals surface area contributed by atoms with Gasteiger partial charge in [-0.2, -0.15) is 4.31 Å². The fourth-order valence-electron chi connectivity index (χ4n) is 3.70. The van der Waals surface area contributed by atoms with E-state index in [4.69, 9.17) is 4.74 Å². The lowest BCUT2D eigenvalue weighted by Crippen LogP contribution is -2.35. The Morgan fingerprint density at radius 3 is 2.67 bits per heavy atom. The number of nitrogens with zero attached hydrogens (tertiary/aromatic N) is 3. The molecule has 0 aliphatic carbocycles. The van der Waals surface area contributed by atoms with Gasteiger partial charge in [-0.25, -0.2) is 12.8 Å². The van der Waals surface area contributed by atoms with E-state index in [1.807, 2.05) is 0 Å². The van der Waals surface area contributed by atoms with Crippen LogP contribution in [0.5, 0.6) is 11.5 Å². The third-order valence-electron chi connectivity index (χ3n) is 5.48. The molecule has 0 radical (unpaired) electrons. The molecule has 1 amide bonds. The van der Waals surface area contributed by atoms with Crippen LogP contribution in [0.25, 0.3) is 0 Å². The Balaban J connectivity index is 1.41. The van der Waals surface area contributed by atoms with Crippen molar-refractivity contribution in [1.82, 2.24) is 19.2 Å². The van der Waals surface area contributed by atoms with Crippen molar-refractivity contribution >= 4 is 15.9 Å². The molecule has 3 heterocycles. The molecule has 1 N–H and O–H groups in total. The number of benzene rings is 1. The maximum absolute atomic E-state index is 14.4. The average Bonchev–Trinajstić information content (AvgIpc) is 3.23. The van der Waals surface area contributed by atoms with Crippen molar-refractivity contribution < 1.29 is 22.3 Å². The summed E-state index contributed by atoms with van der Waals surface area (Å²) in [7, 11) is -2.02. The second kappa shape index (κ2) is 9.72. The number of rotatable bonds is 7. The highest BCUT2D eigenvalue weighted by molar-refractivity contribution is 7.89. The number of amides is 1. The molecule has 4 rings (SSSR count). The molecule has 33 heavy (non-hydrogen) atoms. The van der Waals surface area contributed by atoms with Crippen molar-refractivity contribution in [3.05, 3.63) is 72.1 Å². The van der Waals surface area contributed by atoms with Gasteiger partial charge >= 0.3 is 0 Å². The minimum atomic E-state index is -3.64. The van der Waals surface area contributed by atoms with Gasteiger partial charge in [0, 0.05) is 39.1 Å². The molecule has 10 heteroatoms. The molecule has 0 saturated carbocycles. The zero-order valence-corrected chi connectivity index (χ0v) is 19.0. The molecule has 1 fully saturated rings. The van der Waals surface area contributed by atoms with E-state index in [1.165, 1.54) is 39.5 Å². The van der Waals surface area contributed by atoms with Gasteiger partial charge in [0.05, 0.1) is 6.20 Å². The van der Waals surface area contributed by atoms with Crippen molar-refractivity contribution in [2.75, 3.05) is 13.1 Å². The summed E-state index contributed by atoms with van der Waals surface area (Å²) < 4.78 is 48.6. The van der Waals surface area contributed by atoms with Gasteiger partial charge in [0.1, 0.15) is 16.3 Å². The number of halogens is 1. The molecule has 1 aliphatic rings. The van der Waals surface area contributed by atoms with Gasteiger partial charge in [-0.3, -0.25) is 9.78 Å². The number of hydrogen-bond acceptors (Lipinski definition) is 5. The van der Waals surface area contributed by atoms with Crippen molar-refractivity contribution in [1.29, 1.82) is 0 Å². The summed E-state index contributed by atoms with van der Waals surface area (Å²) in [6.45, 7) is 1.05. The first-order valence-electron chi connectivity index (χ1n) is 10.7. The van der Waals surface area contributed by atoms with E-state index in [0.717, 1.165) is 19.3 Å². The average molecular weight is 473 g/mol. The molecular weight excluding hydrogens is 447 g/mol. The van der Waals surface area contributed by atoms with E-state index in [1.54, 1.807) is 31.4 Å². The highest BCUT2D eigenvalue weighted by atomic mass is 32.2. The van der Waals surface area contributed by atoms with Crippen LogP contribution in [0.3, 0.4) is 0 Å². The Bertz CT molecular complexity index is 1240. The predicted octanol–water partition coefficient (Wildman–Crippen LogP) is 3.46. The van der Waals surface area contributed by atoms with Crippen molar-refractivity contribution in [3.63, 3.8) is 0 Å². The summed E-state index contributed by atoms with van der Waals surface area (Å²) in [5, 5.41) is 2.71. The Morgan fingerprint density at radius 2 is 1.97 bits per heavy atom. The minimum absolute atomic E-state index is 0.0491. The SMILES string of the molecule is Cn1cc(S(=O)(=O)N2CCCCC2)cc1C(=O)NCc1ccc(Oc2cccnc2)c(F)c1. The predicted molar refractivity (Wildman–Crippen MR) is 120 cm³/mol. The first-order valence-corrected chi connectivity index (χ1v) is 12.1. The summed E-state index contributed by atoms with van der Waals surface area (Å²) in [5.74, 6) is -0.558. The van der Waals surface area contributed by atoms with E-state index in [-0.39, 0.29) is 22.9 Å². The number of aromatic nitrogens is 2. The summed E-state index contributed by atoms with van der Waals surface area (Å²) in [6.07, 6.45) is 7.21. The lowest BCUT2D eigenvalue weighted by Gasteiger charge is -2.25. The molecule has 174 valence electrons. The van der Waals surface area contributed by atoms with Crippen LogP contribution >= 0.6 is 0 Å². The topological polar surface area (TPSA) is 93.5 Å². The first kappa shape index (κ1) is 22.9. The summed E-state index contributed by atoms with van der Waals surface area (Å²) in [4.78, 5) is 16.7. The van der Waals surface area contributed by atoms with Gasteiger partial charge in [-0.05, 0) is 48.7 Å². The highest BCUT2D eigenvalue weighted by Crippen LogP contribution is 2.25. The monoisotopic (exact) mass is 472 g/mol. The van der Waals surface area contributed by atoms with Crippen molar-refractivity contribution in [2.24, 2.45) is 7.05 Å². The molecular formula is C23H25FN4O4S. The van der Waals surface area contributed by atoms with Crippen LogP contribution in [0, 0.1) is 5.82 Å². The largest absolute Gasteiger partial charge is 0.453 e. The molecule has 0 atom stereocenters. The highest BCUT2D eigenvalue weighted by Gasteiger charge is 2.28. The number of aryl methyl sites for hydroxylation is 1. The molecule has 0 spiro atoms. The molecule has 0 unspecified atom stereocenters. The zero-order valence-electron chi connectivity index (χ0n) is 18.2. The number of carbonyl (C=O) groups excluding carboxylic acids is 1. The Kier molecular flexibility index (Phi) is 6.75. The number of nitrogens with one attached hydrogen (secondary N) is 1. The van der Waals surface area contributed by atoms with Crippen LogP contribution in [-0.2, 0) is 23.6 Å². The van der Waals surface area contributed by atoms with E-state index in [2.05, 4.69) is 10.3 Å². The number of piperidine rings is 1. The fraction of sp³-hybridized carbons (Fsp3) is 0.304. The third kappa shape index (κ3) is 5.23. The zero-order chi connectivity index (χ0) is 23.4. The molecule has 1 aromatic carbocycles. The van der Waals surface area contributed by atoms with Gasteiger partial charge in [0.2, 0.25) is 10.0 Å². The van der Waals surface area contributed by atoms with E-state index < -0.39 is 21.7 Å². The molecule has 3 aromatic rings. The van der Waals surface area contributed by atoms with E-state index in [9.17, 15) is 17.6 Å². The number of pyridine rings is 1. The second-order valence-electron chi connectivity index (χ2n) is 7.87. The second-order valence-corrected chi connectivity index (χ2v) is 9.81. The summed E-state index contributed by atoms with van der Waals surface area (Å²) in [5.41, 5.74) is 0.748. The lowest BCUT2D eigenvalue weighted by atomic mass is 10.2. The summed E-state index contributed by atoms with van der Waals surface area (Å²) >= 11 is 0. The summed E-state index contributed by atoms with van der Waals surface area (Å²) in [6, 6.07) is 9.14. The van der Waals surface area contributed by atoms with Crippen molar-refractivity contribution in [2.45, 2.75) is 30.7 Å². The maximum Gasteiger partial charge on any atom is 0.268 e. The van der Waals surface area contributed by atoms with E-state index in [0.29, 0.717) is 24.4 Å². The van der Waals surface area contributed by atoms with Crippen LogP contribution in [0.1, 0.15) is 35.3 Å². The van der Waals surface area contributed by atoms with Crippen LogP contribution in [-0.4, -0.2) is 41.3 Å². The molecule has 2 aromatic heterocycles. The van der Waals surface area contributed by atoms with Crippen LogP contribution in [0.4, 0.5) is 4.39 Å². The first-order chi connectivity index (χ1) is 15.8. The Hall–Kier alpha value is -3.24. The van der Waals surface area contributed by atoms with Crippen molar-refractivity contribution in [3.8, 4) is 11.5 Å². The Morgan fingerprint density at radius 1 is 1.18 bits per heavy atom. The van der Waals surface area contributed by atoms with Crippen LogP contribution in [0.2, 0.25) is 0 Å². The van der Waals surface area contributed by atoms with Gasteiger partial charge in [-0.15, -0.1) is 0 Å². The number of sulfonamides is 1. The Labute approximate surface area is 192 Å².